The van der Waals surface area contributed by atoms with E-state index in [9.17, 15) is 4.79 Å². The van der Waals surface area contributed by atoms with Crippen molar-refractivity contribution in [3.63, 3.8) is 0 Å². The zero-order valence-corrected chi connectivity index (χ0v) is 14.6. The average Bonchev–Trinajstić information content (AvgIpc) is 3.26. The van der Waals surface area contributed by atoms with Gasteiger partial charge in [-0.25, -0.2) is 0 Å². The number of rotatable bonds is 5. The van der Waals surface area contributed by atoms with E-state index in [2.05, 4.69) is 15.2 Å². The van der Waals surface area contributed by atoms with Gasteiger partial charge in [-0.1, -0.05) is 47.6 Å². The average molecular weight is 369 g/mol. The van der Waals surface area contributed by atoms with Gasteiger partial charge in [-0.15, -0.1) is 10.2 Å². The van der Waals surface area contributed by atoms with E-state index in [1.54, 1.807) is 12.5 Å². The molecule has 0 saturated heterocycles. The van der Waals surface area contributed by atoms with Crippen molar-refractivity contribution in [2.75, 3.05) is 5.75 Å². The summed E-state index contributed by atoms with van der Waals surface area (Å²) in [6, 6.07) is 15.2. The number of hydrogen-bond acceptors (Lipinski definition) is 4. The summed E-state index contributed by atoms with van der Waals surface area (Å²) in [5, 5.41) is 10.3. The molecular formula is C18H13ClN4OS. The van der Waals surface area contributed by atoms with Crippen LogP contribution in [0.25, 0.3) is 16.6 Å². The van der Waals surface area contributed by atoms with Gasteiger partial charge in [0.25, 0.3) is 0 Å². The number of hydrogen-bond donors (Lipinski definition) is 1. The van der Waals surface area contributed by atoms with Crippen molar-refractivity contribution in [3.05, 3.63) is 71.6 Å². The standard InChI is InChI=1S/C18H13ClN4OS/c19-12-4-3-5-13(8-12)23-11-21-22-18(23)25-10-17(24)15-9-20-16-7-2-1-6-14(15)16/h1-9,11,20H,10H2. The minimum absolute atomic E-state index is 0.0445. The lowest BCUT2D eigenvalue weighted by molar-refractivity contribution is 0.102. The van der Waals surface area contributed by atoms with Crippen molar-refractivity contribution in [2.45, 2.75) is 5.16 Å². The summed E-state index contributed by atoms with van der Waals surface area (Å²) in [5.74, 6) is 0.323. The first kappa shape index (κ1) is 15.9. The lowest BCUT2D eigenvalue weighted by Crippen LogP contribution is -2.03. The fourth-order valence-corrected chi connectivity index (χ4v) is 3.63. The molecule has 2 heterocycles. The monoisotopic (exact) mass is 368 g/mol. The highest BCUT2D eigenvalue weighted by Gasteiger charge is 2.15. The number of benzene rings is 2. The van der Waals surface area contributed by atoms with E-state index in [1.165, 1.54) is 11.8 Å². The Morgan fingerprint density at radius 2 is 2.08 bits per heavy atom. The van der Waals surface area contributed by atoms with Gasteiger partial charge in [0.2, 0.25) is 0 Å². The van der Waals surface area contributed by atoms with Crippen LogP contribution in [0.1, 0.15) is 10.4 Å². The van der Waals surface area contributed by atoms with Gasteiger partial charge < -0.3 is 4.98 Å². The predicted molar refractivity (Wildman–Crippen MR) is 99.7 cm³/mol. The molecule has 0 spiro atoms. The smallest absolute Gasteiger partial charge is 0.196 e. The molecular weight excluding hydrogens is 356 g/mol. The third-order valence-electron chi connectivity index (χ3n) is 3.82. The first-order valence-corrected chi connectivity index (χ1v) is 8.97. The molecule has 0 radical (unpaired) electrons. The van der Waals surface area contributed by atoms with Gasteiger partial charge in [-0.05, 0) is 24.3 Å². The number of Topliss-reactive ketones (excluding diaryl/α,β-unsaturated/α-hetero) is 1. The molecule has 124 valence electrons. The Morgan fingerprint density at radius 1 is 1.20 bits per heavy atom. The second-order valence-corrected chi connectivity index (χ2v) is 6.80. The minimum Gasteiger partial charge on any atom is -0.360 e. The van der Waals surface area contributed by atoms with Crippen LogP contribution in [0.15, 0.2) is 66.2 Å². The Balaban J connectivity index is 1.54. The molecule has 0 aliphatic heterocycles. The molecule has 0 aliphatic carbocycles. The summed E-state index contributed by atoms with van der Waals surface area (Å²) in [6.45, 7) is 0. The first-order chi connectivity index (χ1) is 12.2. The molecule has 0 amide bonds. The number of para-hydroxylation sites is 1. The van der Waals surface area contributed by atoms with Crippen molar-refractivity contribution in [1.29, 1.82) is 0 Å². The van der Waals surface area contributed by atoms with E-state index in [4.69, 9.17) is 11.6 Å². The zero-order valence-electron chi connectivity index (χ0n) is 13.0. The number of nitrogens with one attached hydrogen (secondary N) is 1. The third-order valence-corrected chi connectivity index (χ3v) is 5.00. The van der Waals surface area contributed by atoms with Gasteiger partial charge >= 0.3 is 0 Å². The van der Waals surface area contributed by atoms with Crippen LogP contribution in [-0.4, -0.2) is 31.3 Å². The number of aromatic nitrogens is 4. The van der Waals surface area contributed by atoms with Gasteiger partial charge in [0.15, 0.2) is 10.9 Å². The number of ketones is 1. The molecule has 25 heavy (non-hydrogen) atoms. The second kappa shape index (κ2) is 6.74. The van der Waals surface area contributed by atoms with Crippen LogP contribution >= 0.6 is 23.4 Å². The topological polar surface area (TPSA) is 63.6 Å². The summed E-state index contributed by atoms with van der Waals surface area (Å²) in [6.07, 6.45) is 3.37. The number of nitrogens with zero attached hydrogens (tertiary/aromatic N) is 3. The van der Waals surface area contributed by atoms with Gasteiger partial charge in [0.1, 0.15) is 6.33 Å². The first-order valence-electron chi connectivity index (χ1n) is 7.60. The summed E-state index contributed by atoms with van der Waals surface area (Å²) < 4.78 is 1.82. The molecule has 4 aromatic rings. The van der Waals surface area contributed by atoms with E-state index in [1.807, 2.05) is 53.1 Å². The number of thioether (sulfide) groups is 1. The van der Waals surface area contributed by atoms with Crippen LogP contribution in [0.4, 0.5) is 0 Å². The maximum absolute atomic E-state index is 12.6. The number of halogens is 1. The van der Waals surface area contributed by atoms with Crippen molar-refractivity contribution < 1.29 is 4.79 Å². The van der Waals surface area contributed by atoms with E-state index in [-0.39, 0.29) is 11.5 Å². The fraction of sp³-hybridized carbons (Fsp3) is 0.0556. The largest absolute Gasteiger partial charge is 0.360 e. The summed E-state index contributed by atoms with van der Waals surface area (Å²) >= 11 is 7.40. The Kier molecular flexibility index (Phi) is 4.29. The van der Waals surface area contributed by atoms with E-state index >= 15 is 0 Å². The number of aromatic amines is 1. The van der Waals surface area contributed by atoms with E-state index in [0.717, 1.165) is 16.6 Å². The predicted octanol–water partition coefficient (Wildman–Crippen LogP) is 4.38. The quantitative estimate of drug-likeness (QED) is 0.419. The Labute approximate surface area is 153 Å². The third kappa shape index (κ3) is 3.18. The molecule has 0 fully saturated rings. The van der Waals surface area contributed by atoms with Gasteiger partial charge in [-0.3, -0.25) is 9.36 Å². The Bertz CT molecular complexity index is 1060. The molecule has 4 rings (SSSR count). The molecule has 2 aromatic heterocycles. The van der Waals surface area contributed by atoms with Gasteiger partial charge in [-0.2, -0.15) is 0 Å². The maximum Gasteiger partial charge on any atom is 0.196 e. The molecule has 1 N–H and O–H groups in total. The number of carbonyl (C=O) groups is 1. The van der Waals surface area contributed by atoms with E-state index in [0.29, 0.717) is 15.7 Å². The van der Waals surface area contributed by atoms with Crippen molar-refractivity contribution in [3.8, 4) is 5.69 Å². The molecule has 2 aromatic carbocycles. The molecule has 5 nitrogen and oxygen atoms in total. The summed E-state index contributed by atoms with van der Waals surface area (Å²) in [5.41, 5.74) is 2.51. The summed E-state index contributed by atoms with van der Waals surface area (Å²) in [7, 11) is 0. The minimum atomic E-state index is 0.0445. The summed E-state index contributed by atoms with van der Waals surface area (Å²) in [4.78, 5) is 15.7. The lowest BCUT2D eigenvalue weighted by atomic mass is 10.1. The Hall–Kier alpha value is -2.57. The zero-order chi connectivity index (χ0) is 17.2. The highest BCUT2D eigenvalue weighted by Crippen LogP contribution is 2.24. The molecule has 0 aliphatic rings. The van der Waals surface area contributed by atoms with Crippen LogP contribution in [0.5, 0.6) is 0 Å². The van der Waals surface area contributed by atoms with Crippen LogP contribution in [0.2, 0.25) is 5.02 Å². The number of H-pyrrole nitrogens is 1. The lowest BCUT2D eigenvalue weighted by Gasteiger charge is -2.06. The molecule has 0 saturated carbocycles. The van der Waals surface area contributed by atoms with Gasteiger partial charge in [0, 0.05) is 27.7 Å². The fourth-order valence-electron chi connectivity index (χ4n) is 2.64. The van der Waals surface area contributed by atoms with Crippen LogP contribution in [-0.2, 0) is 0 Å². The molecule has 7 heteroatoms. The van der Waals surface area contributed by atoms with Crippen LogP contribution in [0, 0.1) is 0 Å². The number of carbonyl (C=O) groups excluding carboxylic acids is 1. The van der Waals surface area contributed by atoms with Crippen LogP contribution in [0.3, 0.4) is 0 Å². The molecule has 0 unspecified atom stereocenters. The van der Waals surface area contributed by atoms with E-state index < -0.39 is 0 Å². The molecule has 0 bridgehead atoms. The van der Waals surface area contributed by atoms with Crippen molar-refractivity contribution in [2.24, 2.45) is 0 Å². The molecule has 0 atom stereocenters. The van der Waals surface area contributed by atoms with Crippen LogP contribution < -0.4 is 0 Å². The highest BCUT2D eigenvalue weighted by atomic mass is 35.5. The maximum atomic E-state index is 12.6. The van der Waals surface area contributed by atoms with Gasteiger partial charge in [0.05, 0.1) is 11.4 Å². The second-order valence-electron chi connectivity index (χ2n) is 5.42. The normalized spacial score (nSPS) is 11.1. The van der Waals surface area contributed by atoms with Crippen molar-refractivity contribution in [1.82, 2.24) is 19.7 Å². The highest BCUT2D eigenvalue weighted by molar-refractivity contribution is 7.99. The van der Waals surface area contributed by atoms with Crippen molar-refractivity contribution >= 4 is 40.0 Å². The number of fused-ring (bicyclic) bond motifs is 1. The Morgan fingerprint density at radius 3 is 2.96 bits per heavy atom. The SMILES string of the molecule is O=C(CSc1nncn1-c1cccc(Cl)c1)c1c[nH]c2ccccc12.